The molecule has 0 spiro atoms. The van der Waals surface area contributed by atoms with Crippen LogP contribution in [0.2, 0.25) is 0 Å². The fourth-order valence-corrected chi connectivity index (χ4v) is 3.72. The first kappa shape index (κ1) is 19.5. The Morgan fingerprint density at radius 1 is 0.469 bits per heavy atom. The summed E-state index contributed by atoms with van der Waals surface area (Å²) in [6.07, 6.45) is 3.12. The molecule has 3 heterocycles. The molecule has 0 radical (unpaired) electrons. The number of benzene rings is 2. The van der Waals surface area contributed by atoms with Crippen LogP contribution < -0.4 is 9.46 Å². The van der Waals surface area contributed by atoms with Gasteiger partial charge in [-0.15, -0.1) is 0 Å². The molecule has 2 N–H and O–H groups in total. The molecule has 0 fully saturated rings. The lowest BCUT2D eigenvalue weighted by Crippen LogP contribution is -2.33. The molecule has 0 aliphatic carbocycles. The van der Waals surface area contributed by atoms with Crippen LogP contribution >= 0.6 is 0 Å². The Bertz CT molecular complexity index is 1320. The van der Waals surface area contributed by atoms with E-state index in [0.29, 0.717) is 22.8 Å². The van der Waals surface area contributed by atoms with Crippen molar-refractivity contribution in [1.29, 1.82) is 0 Å². The van der Waals surface area contributed by atoms with Crippen molar-refractivity contribution in [3.05, 3.63) is 116 Å². The highest BCUT2D eigenvalue weighted by Crippen LogP contribution is 2.30. The maximum Gasteiger partial charge on any atom is 0.282 e. The Morgan fingerprint density at radius 3 is 1.41 bits per heavy atom. The molecule has 3 aromatic heterocycles. The molecule has 5 aromatic rings. The SMILES string of the molecule is O[n+]1ccccc1-c1cc(-c2ccc(-c3ccccc3)cc2)cc(-c2cccc[n+]2O)n1. The lowest BCUT2D eigenvalue weighted by Gasteiger charge is -2.08. The molecule has 0 atom stereocenters. The topological polar surface area (TPSA) is 61.1 Å². The number of nitrogens with zero attached hydrogens (tertiary/aromatic N) is 3. The van der Waals surface area contributed by atoms with Crippen LogP contribution in [-0.4, -0.2) is 15.4 Å². The van der Waals surface area contributed by atoms with E-state index in [2.05, 4.69) is 36.4 Å². The minimum Gasteiger partial charge on any atom is -0.284 e. The second-order valence-corrected chi connectivity index (χ2v) is 7.43. The third-order valence-corrected chi connectivity index (χ3v) is 5.35. The Hall–Kier alpha value is -4.51. The summed E-state index contributed by atoms with van der Waals surface area (Å²) < 4.78 is 2.10. The number of pyridine rings is 3. The predicted molar refractivity (Wildman–Crippen MR) is 121 cm³/mol. The van der Waals surface area contributed by atoms with E-state index < -0.39 is 0 Å². The van der Waals surface area contributed by atoms with Gasteiger partial charge in [0, 0.05) is 33.7 Å². The minimum absolute atomic E-state index is 0.553. The number of hydrogen-bond acceptors (Lipinski definition) is 3. The minimum atomic E-state index is 0.553. The van der Waals surface area contributed by atoms with Crippen LogP contribution in [0.1, 0.15) is 0 Å². The van der Waals surface area contributed by atoms with Crippen LogP contribution in [0.5, 0.6) is 0 Å². The molecule has 5 rings (SSSR count). The van der Waals surface area contributed by atoms with Crippen LogP contribution in [0.4, 0.5) is 0 Å². The Balaban J connectivity index is 1.65. The first-order chi connectivity index (χ1) is 15.7. The zero-order chi connectivity index (χ0) is 21.9. The Kier molecular flexibility index (Phi) is 5.06. The summed E-state index contributed by atoms with van der Waals surface area (Å²) in [6, 6.07) is 33.2. The van der Waals surface area contributed by atoms with Crippen molar-refractivity contribution < 1.29 is 19.9 Å². The van der Waals surface area contributed by atoms with Crippen LogP contribution in [-0.2, 0) is 0 Å². The van der Waals surface area contributed by atoms with E-state index in [1.165, 1.54) is 0 Å². The fraction of sp³-hybridized carbons (Fsp3) is 0. The average Bonchev–Trinajstić information content (AvgIpc) is 2.85. The molecular weight excluding hydrogens is 398 g/mol. The summed E-state index contributed by atoms with van der Waals surface area (Å²) in [4.78, 5) is 4.72. The van der Waals surface area contributed by atoms with Gasteiger partial charge in [-0.3, -0.25) is 10.4 Å². The molecule has 32 heavy (non-hydrogen) atoms. The third-order valence-electron chi connectivity index (χ3n) is 5.35. The normalized spacial score (nSPS) is 10.8. The standard InChI is InChI=1S/C27H21N3O2/c31-29-16-6-4-10-26(29)24-18-23(19-25(28-24)27-11-5-7-17-30(27)32)22-14-12-21(13-15-22)20-8-2-1-3-9-20/h1-19,31-32H/q+2. The molecule has 0 unspecified atom stereocenters. The predicted octanol–water partition coefficient (Wildman–Crippen LogP) is 4.80. The average molecular weight is 419 g/mol. The first-order valence-electron chi connectivity index (χ1n) is 10.3. The Morgan fingerprint density at radius 2 is 0.906 bits per heavy atom. The van der Waals surface area contributed by atoms with Crippen molar-refractivity contribution in [2.75, 3.05) is 0 Å². The lowest BCUT2D eigenvalue weighted by molar-refractivity contribution is -0.896. The van der Waals surface area contributed by atoms with Gasteiger partial charge in [-0.1, -0.05) is 54.6 Å². The quantitative estimate of drug-likeness (QED) is 0.325. The van der Waals surface area contributed by atoms with Crippen LogP contribution in [0.3, 0.4) is 0 Å². The molecule has 0 saturated heterocycles. The van der Waals surface area contributed by atoms with Crippen LogP contribution in [0.25, 0.3) is 45.0 Å². The molecule has 154 valence electrons. The maximum absolute atomic E-state index is 10.3. The molecule has 2 aromatic carbocycles. The number of aromatic nitrogens is 3. The summed E-state index contributed by atoms with van der Waals surface area (Å²) in [5.74, 6) is 0. The fourth-order valence-electron chi connectivity index (χ4n) is 3.72. The number of hydrogen-bond donors (Lipinski definition) is 2. The molecular formula is C27H21N3O2+2. The molecule has 0 aliphatic heterocycles. The van der Waals surface area contributed by atoms with Gasteiger partial charge < -0.3 is 0 Å². The first-order valence-corrected chi connectivity index (χ1v) is 10.3. The van der Waals surface area contributed by atoms with Gasteiger partial charge in [-0.05, 0) is 46.5 Å². The van der Waals surface area contributed by atoms with Crippen molar-refractivity contribution in [3.8, 4) is 45.0 Å². The zero-order valence-corrected chi connectivity index (χ0v) is 17.2. The van der Waals surface area contributed by atoms with Gasteiger partial charge in [-0.2, -0.15) is 0 Å². The van der Waals surface area contributed by atoms with E-state index in [9.17, 15) is 10.4 Å². The highest BCUT2D eigenvalue weighted by molar-refractivity contribution is 5.75. The van der Waals surface area contributed by atoms with Crippen LogP contribution in [0.15, 0.2) is 116 Å². The highest BCUT2D eigenvalue weighted by atomic mass is 16.5. The van der Waals surface area contributed by atoms with Crippen molar-refractivity contribution in [2.45, 2.75) is 0 Å². The van der Waals surface area contributed by atoms with Gasteiger partial charge in [0.05, 0.1) is 0 Å². The lowest BCUT2D eigenvalue weighted by atomic mass is 9.99. The zero-order valence-electron chi connectivity index (χ0n) is 17.2. The monoisotopic (exact) mass is 419 g/mol. The molecule has 0 bridgehead atoms. The second-order valence-electron chi connectivity index (χ2n) is 7.43. The van der Waals surface area contributed by atoms with Gasteiger partial charge in [0.25, 0.3) is 11.4 Å². The second kappa shape index (κ2) is 8.32. The van der Waals surface area contributed by atoms with Crippen molar-refractivity contribution >= 4 is 0 Å². The number of rotatable bonds is 4. The summed E-state index contributed by atoms with van der Waals surface area (Å²) in [6.45, 7) is 0. The molecule has 5 nitrogen and oxygen atoms in total. The van der Waals surface area contributed by atoms with Gasteiger partial charge in [-0.25, -0.2) is 4.98 Å². The van der Waals surface area contributed by atoms with Gasteiger partial charge in [0.1, 0.15) is 11.4 Å². The van der Waals surface area contributed by atoms with Gasteiger partial charge in [0.15, 0.2) is 0 Å². The van der Waals surface area contributed by atoms with E-state index in [0.717, 1.165) is 31.7 Å². The van der Waals surface area contributed by atoms with E-state index in [1.54, 1.807) is 36.7 Å². The third kappa shape index (κ3) is 3.79. The van der Waals surface area contributed by atoms with Crippen molar-refractivity contribution in [3.63, 3.8) is 0 Å². The van der Waals surface area contributed by atoms with E-state index in [1.807, 2.05) is 42.5 Å². The smallest absolute Gasteiger partial charge is 0.282 e. The summed E-state index contributed by atoms with van der Waals surface area (Å²) >= 11 is 0. The van der Waals surface area contributed by atoms with Gasteiger partial charge in [0.2, 0.25) is 12.4 Å². The van der Waals surface area contributed by atoms with E-state index >= 15 is 0 Å². The Labute approximate surface area is 185 Å². The molecule has 0 saturated carbocycles. The van der Waals surface area contributed by atoms with E-state index in [4.69, 9.17) is 4.98 Å². The van der Waals surface area contributed by atoms with Crippen LogP contribution in [0, 0.1) is 0 Å². The molecule has 0 aliphatic rings. The molecule has 5 heteroatoms. The summed E-state index contributed by atoms with van der Waals surface area (Å²) in [5.41, 5.74) is 6.53. The molecule has 0 amide bonds. The largest absolute Gasteiger partial charge is 0.284 e. The highest BCUT2D eigenvalue weighted by Gasteiger charge is 2.20. The summed E-state index contributed by atoms with van der Waals surface area (Å²) in [7, 11) is 0. The van der Waals surface area contributed by atoms with Crippen molar-refractivity contribution in [1.82, 2.24) is 4.98 Å². The maximum atomic E-state index is 10.3. The van der Waals surface area contributed by atoms with Crippen molar-refractivity contribution in [2.24, 2.45) is 0 Å². The summed E-state index contributed by atoms with van der Waals surface area (Å²) in [5, 5.41) is 20.7. The van der Waals surface area contributed by atoms with E-state index in [-0.39, 0.29) is 0 Å². The van der Waals surface area contributed by atoms with Gasteiger partial charge >= 0.3 is 0 Å².